The van der Waals surface area contributed by atoms with Crippen LogP contribution < -0.4 is 0 Å². The van der Waals surface area contributed by atoms with Crippen LogP contribution in [-0.4, -0.2) is 54.8 Å². The van der Waals surface area contributed by atoms with Crippen LogP contribution in [0.1, 0.15) is 20.3 Å². The van der Waals surface area contributed by atoms with Gasteiger partial charge in [-0.15, -0.1) is 0 Å². The summed E-state index contributed by atoms with van der Waals surface area (Å²) in [4.78, 5) is 22.6. The molecule has 0 atom stereocenters. The molecule has 0 N–H and O–H groups in total. The third-order valence-electron chi connectivity index (χ3n) is 2.80. The molecule has 0 saturated heterocycles. The smallest absolute Gasteiger partial charge is 0.462 e. The van der Waals surface area contributed by atoms with E-state index in [-0.39, 0.29) is 13.2 Å². The van der Waals surface area contributed by atoms with E-state index < -0.39 is 20.7 Å². The predicted octanol–water partition coefficient (Wildman–Crippen LogP) is 1.86. The third-order valence-corrected chi connectivity index (χ3v) is 5.51. The molecule has 0 radical (unpaired) electrons. The van der Waals surface area contributed by atoms with Crippen molar-refractivity contribution in [1.82, 2.24) is 0 Å². The average molecular weight is 346 g/mol. The molecule has 8 heteroatoms. The number of rotatable bonds is 12. The average Bonchev–Trinajstić information content (AvgIpc) is 2.52. The standard InChI is InChI=1S/C15H26O7Si/c1-12(2)14(16)20-8-7-9-22-23(18-5,19-6)11-10-21-15(17)13(3)4/h1,3,7-11H2,2,4-6H3. The van der Waals surface area contributed by atoms with Crippen LogP contribution >= 0.6 is 0 Å². The highest BCUT2D eigenvalue weighted by Gasteiger charge is 2.39. The molecule has 7 nitrogen and oxygen atoms in total. The van der Waals surface area contributed by atoms with E-state index in [9.17, 15) is 9.59 Å². The molecule has 0 heterocycles. The molecule has 0 aliphatic carbocycles. The lowest BCUT2D eigenvalue weighted by Crippen LogP contribution is -2.45. The summed E-state index contributed by atoms with van der Waals surface area (Å²) in [7, 11) is 0.0581. The van der Waals surface area contributed by atoms with Crippen LogP contribution in [0.25, 0.3) is 0 Å². The molecular formula is C15H26O7Si. The van der Waals surface area contributed by atoms with Crippen molar-refractivity contribution in [3.63, 3.8) is 0 Å². The summed E-state index contributed by atoms with van der Waals surface area (Å²) in [5.41, 5.74) is 0.676. The third kappa shape index (κ3) is 8.65. The van der Waals surface area contributed by atoms with E-state index in [0.717, 1.165) is 0 Å². The molecule has 23 heavy (non-hydrogen) atoms. The van der Waals surface area contributed by atoms with Gasteiger partial charge >= 0.3 is 20.7 Å². The van der Waals surface area contributed by atoms with Crippen molar-refractivity contribution < 1.29 is 32.3 Å². The van der Waals surface area contributed by atoms with Gasteiger partial charge in [-0.2, -0.15) is 0 Å². The summed E-state index contributed by atoms with van der Waals surface area (Å²) in [6.45, 7) is 10.8. The van der Waals surface area contributed by atoms with Crippen LogP contribution in [0.4, 0.5) is 0 Å². The molecule has 0 rings (SSSR count). The van der Waals surface area contributed by atoms with Crippen molar-refractivity contribution in [2.75, 3.05) is 34.0 Å². The van der Waals surface area contributed by atoms with Gasteiger partial charge < -0.3 is 22.8 Å². The second kappa shape index (κ2) is 11.1. The number of carbonyl (C=O) groups excluding carboxylic acids is 2. The first-order valence-electron chi connectivity index (χ1n) is 7.17. The van der Waals surface area contributed by atoms with Gasteiger partial charge in [0.1, 0.15) is 0 Å². The monoisotopic (exact) mass is 346 g/mol. The first kappa shape index (κ1) is 21.5. The van der Waals surface area contributed by atoms with Crippen LogP contribution in [0.2, 0.25) is 6.04 Å². The Bertz CT molecular complexity index is 430. The lowest BCUT2D eigenvalue weighted by molar-refractivity contribution is -0.139. The second-order valence-corrected chi connectivity index (χ2v) is 7.85. The van der Waals surface area contributed by atoms with E-state index in [0.29, 0.717) is 30.2 Å². The first-order chi connectivity index (χ1) is 10.8. The zero-order valence-electron chi connectivity index (χ0n) is 14.3. The lowest BCUT2D eigenvalue weighted by Gasteiger charge is -2.26. The summed E-state index contributed by atoms with van der Waals surface area (Å²) >= 11 is 0. The summed E-state index contributed by atoms with van der Waals surface area (Å²) in [6, 6.07) is 0.324. The van der Waals surface area contributed by atoms with Gasteiger partial charge in [-0.1, -0.05) is 13.2 Å². The molecule has 0 aliphatic heterocycles. The molecule has 0 aromatic rings. The highest BCUT2D eigenvalue weighted by molar-refractivity contribution is 6.60. The van der Waals surface area contributed by atoms with E-state index >= 15 is 0 Å². The van der Waals surface area contributed by atoms with Crippen molar-refractivity contribution in [3.05, 3.63) is 24.3 Å². The number of hydrogen-bond acceptors (Lipinski definition) is 7. The Labute approximate surface area is 138 Å². The molecular weight excluding hydrogens is 320 g/mol. The maximum Gasteiger partial charge on any atom is 0.503 e. The molecule has 132 valence electrons. The van der Waals surface area contributed by atoms with Crippen molar-refractivity contribution in [1.29, 1.82) is 0 Å². The van der Waals surface area contributed by atoms with Gasteiger partial charge in [0.25, 0.3) is 0 Å². The minimum absolute atomic E-state index is 0.115. The van der Waals surface area contributed by atoms with Crippen LogP contribution in [-0.2, 0) is 32.3 Å². The zero-order chi connectivity index (χ0) is 17.9. The van der Waals surface area contributed by atoms with Crippen LogP contribution in [0.5, 0.6) is 0 Å². The zero-order valence-corrected chi connectivity index (χ0v) is 15.3. The fourth-order valence-corrected chi connectivity index (χ4v) is 3.21. The fraction of sp³-hybridized carbons (Fsp3) is 0.600. The number of ether oxygens (including phenoxy) is 2. The Morgan fingerprint density at radius 2 is 1.35 bits per heavy atom. The first-order valence-corrected chi connectivity index (χ1v) is 9.10. The van der Waals surface area contributed by atoms with Crippen molar-refractivity contribution in [3.8, 4) is 0 Å². The van der Waals surface area contributed by atoms with E-state index in [1.165, 1.54) is 14.2 Å². The highest BCUT2D eigenvalue weighted by Crippen LogP contribution is 2.14. The molecule has 0 amide bonds. The van der Waals surface area contributed by atoms with E-state index in [4.69, 9.17) is 22.8 Å². The maximum absolute atomic E-state index is 11.3. The Kier molecular flexibility index (Phi) is 10.4. The van der Waals surface area contributed by atoms with E-state index in [1.54, 1.807) is 13.8 Å². The normalized spacial score (nSPS) is 11.0. The quantitative estimate of drug-likeness (QED) is 0.231. The molecule has 0 saturated carbocycles. The Balaban J connectivity index is 4.17. The Hall–Kier alpha value is -1.48. The van der Waals surface area contributed by atoms with Crippen molar-refractivity contribution in [2.24, 2.45) is 0 Å². The number of carbonyl (C=O) groups is 2. The maximum atomic E-state index is 11.3. The van der Waals surface area contributed by atoms with Crippen molar-refractivity contribution >= 4 is 20.7 Å². The van der Waals surface area contributed by atoms with E-state index in [1.807, 2.05) is 0 Å². The SMILES string of the molecule is C=C(C)C(=O)OCCCO[Si](CCOC(=O)C(=C)C)(OC)OC. The van der Waals surface area contributed by atoms with Gasteiger partial charge in [0.05, 0.1) is 19.3 Å². The van der Waals surface area contributed by atoms with Gasteiger partial charge in [0.2, 0.25) is 0 Å². The highest BCUT2D eigenvalue weighted by atomic mass is 28.4. The van der Waals surface area contributed by atoms with Crippen LogP contribution in [0.15, 0.2) is 24.3 Å². The predicted molar refractivity (Wildman–Crippen MR) is 86.7 cm³/mol. The second-order valence-electron chi connectivity index (χ2n) is 4.88. The van der Waals surface area contributed by atoms with E-state index in [2.05, 4.69) is 13.2 Å². The summed E-state index contributed by atoms with van der Waals surface area (Å²) in [6.07, 6.45) is 0.492. The van der Waals surface area contributed by atoms with Crippen LogP contribution in [0.3, 0.4) is 0 Å². The molecule has 0 fully saturated rings. The summed E-state index contributed by atoms with van der Waals surface area (Å²) in [5, 5.41) is 0. The van der Waals surface area contributed by atoms with Gasteiger partial charge in [0.15, 0.2) is 0 Å². The fourth-order valence-electron chi connectivity index (χ4n) is 1.44. The van der Waals surface area contributed by atoms with Crippen LogP contribution in [0, 0.1) is 0 Å². The minimum atomic E-state index is -2.91. The molecule has 0 aliphatic rings. The Morgan fingerprint density at radius 1 is 0.870 bits per heavy atom. The number of hydrogen-bond donors (Lipinski definition) is 0. The topological polar surface area (TPSA) is 80.3 Å². The summed E-state index contributed by atoms with van der Waals surface area (Å²) < 4.78 is 26.4. The minimum Gasteiger partial charge on any atom is -0.462 e. The Morgan fingerprint density at radius 3 is 1.78 bits per heavy atom. The van der Waals surface area contributed by atoms with Gasteiger partial charge in [-0.25, -0.2) is 9.59 Å². The van der Waals surface area contributed by atoms with Gasteiger partial charge in [-0.05, 0) is 13.8 Å². The lowest BCUT2D eigenvalue weighted by atomic mass is 10.4. The van der Waals surface area contributed by atoms with Gasteiger partial charge in [0, 0.05) is 38.4 Å². The molecule has 0 aromatic carbocycles. The molecule has 0 spiro atoms. The largest absolute Gasteiger partial charge is 0.503 e. The number of esters is 2. The van der Waals surface area contributed by atoms with Crippen molar-refractivity contribution in [2.45, 2.75) is 26.3 Å². The molecule has 0 unspecified atom stereocenters. The molecule has 0 aromatic heterocycles. The molecule has 0 bridgehead atoms. The van der Waals surface area contributed by atoms with Gasteiger partial charge in [-0.3, -0.25) is 0 Å². The summed E-state index contributed by atoms with van der Waals surface area (Å²) in [5.74, 6) is -0.898.